The van der Waals surface area contributed by atoms with E-state index in [-0.39, 0.29) is 29.6 Å². The topological polar surface area (TPSA) is 75.4 Å². The molecule has 4 rings (SSSR count). The van der Waals surface area contributed by atoms with Crippen LogP contribution in [-0.4, -0.2) is 29.8 Å². The summed E-state index contributed by atoms with van der Waals surface area (Å²) in [6, 6.07) is 15.6. The predicted molar refractivity (Wildman–Crippen MR) is 115 cm³/mol. The van der Waals surface area contributed by atoms with E-state index in [1.54, 1.807) is 0 Å². The van der Waals surface area contributed by atoms with Crippen LogP contribution in [0.15, 0.2) is 48.5 Å². The van der Waals surface area contributed by atoms with E-state index < -0.39 is 0 Å². The number of carbonyl (C=O) groups is 2. The molecule has 0 bridgehead atoms. The molecule has 1 aliphatic heterocycles. The second kappa shape index (κ2) is 8.56. The van der Waals surface area contributed by atoms with Gasteiger partial charge in [0.1, 0.15) is 0 Å². The molecule has 5 nitrogen and oxygen atoms in total. The Balaban J connectivity index is 1.41. The van der Waals surface area contributed by atoms with Crippen molar-refractivity contribution in [3.63, 3.8) is 0 Å². The monoisotopic (exact) mass is 411 g/mol. The van der Waals surface area contributed by atoms with Crippen molar-refractivity contribution in [3.05, 3.63) is 64.7 Å². The minimum atomic E-state index is -0.226. The number of benzene rings is 2. The van der Waals surface area contributed by atoms with Crippen molar-refractivity contribution in [3.8, 4) is 0 Å². The zero-order valence-corrected chi connectivity index (χ0v) is 17.1. The number of rotatable bonds is 6. The number of nitrogens with one attached hydrogen (secondary N) is 1. The van der Waals surface area contributed by atoms with E-state index in [1.165, 1.54) is 0 Å². The summed E-state index contributed by atoms with van der Waals surface area (Å²) in [5.74, 6) is -0.133. The molecule has 0 radical (unpaired) electrons. The van der Waals surface area contributed by atoms with Crippen LogP contribution in [0, 0.1) is 11.8 Å². The van der Waals surface area contributed by atoms with Crippen LogP contribution in [0.3, 0.4) is 0 Å². The zero-order valence-electron chi connectivity index (χ0n) is 16.3. The van der Waals surface area contributed by atoms with Gasteiger partial charge in [-0.25, -0.2) is 0 Å². The van der Waals surface area contributed by atoms with Crippen molar-refractivity contribution in [1.82, 2.24) is 4.90 Å². The normalized spacial score (nSPS) is 24.1. The SMILES string of the molecule is NC(=O)C1CCCN(Cc2ccccc2NC(=O)C2CC2c2ccccc2Cl)C1. The Morgan fingerprint density at radius 1 is 1.14 bits per heavy atom. The third kappa shape index (κ3) is 4.62. The molecule has 2 aromatic carbocycles. The van der Waals surface area contributed by atoms with Gasteiger partial charge in [0, 0.05) is 29.7 Å². The molecule has 3 atom stereocenters. The maximum Gasteiger partial charge on any atom is 0.228 e. The van der Waals surface area contributed by atoms with Crippen LogP contribution in [0.5, 0.6) is 0 Å². The number of anilines is 1. The van der Waals surface area contributed by atoms with E-state index in [2.05, 4.69) is 10.2 Å². The van der Waals surface area contributed by atoms with E-state index in [0.29, 0.717) is 13.1 Å². The summed E-state index contributed by atoms with van der Waals surface area (Å²) in [4.78, 5) is 26.6. The number of likely N-dealkylation sites (tertiary alicyclic amines) is 1. The van der Waals surface area contributed by atoms with Gasteiger partial charge in [0.2, 0.25) is 11.8 Å². The number of amides is 2. The van der Waals surface area contributed by atoms with Crippen LogP contribution in [0.2, 0.25) is 5.02 Å². The number of para-hydroxylation sites is 1. The number of halogens is 1. The highest BCUT2D eigenvalue weighted by Crippen LogP contribution is 2.50. The second-order valence-electron chi connectivity index (χ2n) is 8.09. The molecular weight excluding hydrogens is 386 g/mol. The lowest BCUT2D eigenvalue weighted by molar-refractivity contribution is -0.123. The fourth-order valence-corrected chi connectivity index (χ4v) is 4.56. The summed E-state index contributed by atoms with van der Waals surface area (Å²) in [6.45, 7) is 2.30. The second-order valence-corrected chi connectivity index (χ2v) is 8.50. The minimum Gasteiger partial charge on any atom is -0.369 e. The van der Waals surface area contributed by atoms with Crippen LogP contribution in [-0.2, 0) is 16.1 Å². The standard InChI is InChI=1S/C23H26ClN3O2/c24-20-9-3-2-8-17(20)18-12-19(18)23(29)26-21-10-4-1-6-15(21)13-27-11-5-7-16(14-27)22(25)28/h1-4,6,8-10,16,18-19H,5,7,11-14H2,(H2,25,28)(H,26,29). The summed E-state index contributed by atoms with van der Waals surface area (Å²) in [5.41, 5.74) is 8.44. The molecule has 2 aromatic rings. The Bertz CT molecular complexity index is 917. The summed E-state index contributed by atoms with van der Waals surface area (Å²) >= 11 is 6.29. The fraction of sp³-hybridized carbons (Fsp3) is 0.391. The van der Waals surface area contributed by atoms with Crippen LogP contribution in [0.4, 0.5) is 5.69 Å². The van der Waals surface area contributed by atoms with Crippen molar-refractivity contribution >= 4 is 29.1 Å². The van der Waals surface area contributed by atoms with Crippen LogP contribution >= 0.6 is 11.6 Å². The summed E-state index contributed by atoms with van der Waals surface area (Å²) in [5, 5.41) is 3.84. The Morgan fingerprint density at radius 2 is 1.90 bits per heavy atom. The maximum absolute atomic E-state index is 12.8. The molecule has 0 aromatic heterocycles. The number of carbonyl (C=O) groups excluding carboxylic acids is 2. The van der Waals surface area contributed by atoms with Crippen molar-refractivity contribution in [2.45, 2.75) is 31.7 Å². The Labute approximate surface area is 176 Å². The molecule has 29 heavy (non-hydrogen) atoms. The Kier molecular flexibility index (Phi) is 5.88. The predicted octanol–water partition coefficient (Wildman–Crippen LogP) is 3.78. The van der Waals surface area contributed by atoms with Gasteiger partial charge in [-0.1, -0.05) is 48.0 Å². The van der Waals surface area contributed by atoms with Gasteiger partial charge in [0.25, 0.3) is 0 Å². The zero-order chi connectivity index (χ0) is 20.4. The van der Waals surface area contributed by atoms with E-state index >= 15 is 0 Å². The third-order valence-electron chi connectivity index (χ3n) is 6.01. The first-order valence-corrected chi connectivity index (χ1v) is 10.6. The molecule has 2 fully saturated rings. The van der Waals surface area contributed by atoms with Crippen molar-refractivity contribution < 1.29 is 9.59 Å². The molecule has 1 heterocycles. The highest BCUT2D eigenvalue weighted by atomic mass is 35.5. The van der Waals surface area contributed by atoms with Gasteiger partial charge in [-0.05, 0) is 55.0 Å². The first-order valence-electron chi connectivity index (χ1n) is 10.2. The molecule has 0 spiro atoms. The lowest BCUT2D eigenvalue weighted by Crippen LogP contribution is -2.40. The summed E-state index contributed by atoms with van der Waals surface area (Å²) in [7, 11) is 0. The molecule has 2 amide bonds. The first kappa shape index (κ1) is 19.9. The highest BCUT2D eigenvalue weighted by Gasteiger charge is 2.44. The van der Waals surface area contributed by atoms with Crippen molar-refractivity contribution in [2.24, 2.45) is 17.6 Å². The Morgan fingerprint density at radius 3 is 2.69 bits per heavy atom. The van der Waals surface area contributed by atoms with Gasteiger partial charge in [0.15, 0.2) is 0 Å². The number of nitrogens with zero attached hydrogens (tertiary/aromatic N) is 1. The molecule has 152 valence electrons. The number of hydrogen-bond acceptors (Lipinski definition) is 3. The van der Waals surface area contributed by atoms with Crippen LogP contribution in [0.1, 0.15) is 36.3 Å². The van der Waals surface area contributed by atoms with E-state index in [0.717, 1.165) is 47.6 Å². The lowest BCUT2D eigenvalue weighted by atomic mass is 9.97. The van der Waals surface area contributed by atoms with E-state index in [1.807, 2.05) is 48.5 Å². The van der Waals surface area contributed by atoms with Gasteiger partial charge >= 0.3 is 0 Å². The molecule has 1 saturated heterocycles. The van der Waals surface area contributed by atoms with Gasteiger partial charge in [-0.3, -0.25) is 14.5 Å². The smallest absolute Gasteiger partial charge is 0.228 e. The lowest BCUT2D eigenvalue weighted by Gasteiger charge is -2.31. The number of nitrogens with two attached hydrogens (primary N) is 1. The molecule has 2 aliphatic rings. The molecule has 6 heteroatoms. The third-order valence-corrected chi connectivity index (χ3v) is 6.35. The van der Waals surface area contributed by atoms with Gasteiger partial charge < -0.3 is 11.1 Å². The average Bonchev–Trinajstić information content (AvgIpc) is 3.51. The van der Waals surface area contributed by atoms with E-state index in [4.69, 9.17) is 17.3 Å². The number of hydrogen-bond donors (Lipinski definition) is 2. The van der Waals surface area contributed by atoms with Gasteiger partial charge in [0.05, 0.1) is 5.92 Å². The molecule has 3 N–H and O–H groups in total. The van der Waals surface area contributed by atoms with Crippen molar-refractivity contribution in [1.29, 1.82) is 0 Å². The minimum absolute atomic E-state index is 0.0380. The van der Waals surface area contributed by atoms with E-state index in [9.17, 15) is 9.59 Å². The molecule has 1 saturated carbocycles. The summed E-state index contributed by atoms with van der Waals surface area (Å²) in [6.07, 6.45) is 2.64. The van der Waals surface area contributed by atoms with Gasteiger partial charge in [-0.2, -0.15) is 0 Å². The first-order chi connectivity index (χ1) is 14.0. The van der Waals surface area contributed by atoms with Crippen molar-refractivity contribution in [2.75, 3.05) is 18.4 Å². The largest absolute Gasteiger partial charge is 0.369 e. The quantitative estimate of drug-likeness (QED) is 0.759. The summed E-state index contributed by atoms with van der Waals surface area (Å²) < 4.78 is 0. The Hall–Kier alpha value is -2.37. The fourth-order valence-electron chi connectivity index (χ4n) is 4.28. The molecule has 1 aliphatic carbocycles. The number of primary amides is 1. The number of piperidine rings is 1. The average molecular weight is 412 g/mol. The highest BCUT2D eigenvalue weighted by molar-refractivity contribution is 6.31. The maximum atomic E-state index is 12.8. The van der Waals surface area contributed by atoms with Crippen LogP contribution in [0.25, 0.3) is 0 Å². The van der Waals surface area contributed by atoms with Crippen LogP contribution < -0.4 is 11.1 Å². The van der Waals surface area contributed by atoms with Gasteiger partial charge in [-0.15, -0.1) is 0 Å². The molecule has 3 unspecified atom stereocenters. The molecular formula is C23H26ClN3O2.